The van der Waals surface area contributed by atoms with Crippen LogP contribution in [0.2, 0.25) is 0 Å². The smallest absolute Gasteiger partial charge is 0.256 e. The van der Waals surface area contributed by atoms with Gasteiger partial charge in [-0.2, -0.15) is 0 Å². The van der Waals surface area contributed by atoms with Gasteiger partial charge in [0, 0.05) is 10.2 Å². The van der Waals surface area contributed by atoms with Crippen LogP contribution in [0.5, 0.6) is 0 Å². The quantitative estimate of drug-likeness (QED) is 0.891. The maximum Gasteiger partial charge on any atom is 0.256 e. The van der Waals surface area contributed by atoms with Gasteiger partial charge < -0.3 is 11.1 Å². The Balaban J connectivity index is 2.27. The molecular formula is C15H12BrFN2O2. The third-order valence-corrected chi connectivity index (χ3v) is 3.51. The lowest BCUT2D eigenvalue weighted by atomic mass is 10.1. The van der Waals surface area contributed by atoms with Gasteiger partial charge in [-0.3, -0.25) is 9.59 Å². The fourth-order valence-corrected chi connectivity index (χ4v) is 2.47. The number of hydrogen-bond donors (Lipinski definition) is 2. The first-order valence-electron chi connectivity index (χ1n) is 6.05. The summed E-state index contributed by atoms with van der Waals surface area (Å²) in [5.74, 6) is -1.99. The summed E-state index contributed by atoms with van der Waals surface area (Å²) in [6, 6.07) is 8.94. The van der Waals surface area contributed by atoms with Crippen molar-refractivity contribution in [3.63, 3.8) is 0 Å². The standard InChI is InChI=1S/C15H12BrFN2O2/c1-8-2-4-10(12(16)6-8)15(21)19-9-3-5-13(17)11(7-9)14(18)20/h2-7H,1H3,(H2,18,20)(H,19,21). The van der Waals surface area contributed by atoms with Crippen molar-refractivity contribution in [1.82, 2.24) is 0 Å². The van der Waals surface area contributed by atoms with Crippen molar-refractivity contribution in [2.45, 2.75) is 6.92 Å². The van der Waals surface area contributed by atoms with E-state index in [0.717, 1.165) is 11.6 Å². The lowest BCUT2D eigenvalue weighted by molar-refractivity contribution is 0.0992. The Hall–Kier alpha value is -2.21. The summed E-state index contributed by atoms with van der Waals surface area (Å²) < 4.78 is 14.0. The van der Waals surface area contributed by atoms with Gasteiger partial charge in [0.25, 0.3) is 11.8 Å². The van der Waals surface area contributed by atoms with E-state index in [1.807, 2.05) is 13.0 Å². The summed E-state index contributed by atoms with van der Waals surface area (Å²) in [7, 11) is 0. The minimum Gasteiger partial charge on any atom is -0.366 e. The van der Waals surface area contributed by atoms with E-state index in [1.54, 1.807) is 12.1 Å². The second-order valence-corrected chi connectivity index (χ2v) is 5.35. The SMILES string of the molecule is Cc1ccc(C(=O)Nc2ccc(F)c(C(N)=O)c2)c(Br)c1. The summed E-state index contributed by atoms with van der Waals surface area (Å²) in [4.78, 5) is 23.2. The molecule has 108 valence electrons. The number of nitrogens with two attached hydrogens (primary N) is 1. The molecule has 0 bridgehead atoms. The number of carbonyl (C=O) groups is 2. The molecule has 0 heterocycles. The number of aryl methyl sites for hydroxylation is 1. The Morgan fingerprint density at radius 1 is 1.14 bits per heavy atom. The molecule has 0 atom stereocenters. The van der Waals surface area contributed by atoms with Gasteiger partial charge >= 0.3 is 0 Å². The molecule has 0 saturated heterocycles. The van der Waals surface area contributed by atoms with E-state index in [-0.39, 0.29) is 11.5 Å². The van der Waals surface area contributed by atoms with Crippen LogP contribution >= 0.6 is 15.9 Å². The summed E-state index contributed by atoms with van der Waals surface area (Å²) in [6.07, 6.45) is 0. The van der Waals surface area contributed by atoms with Crippen molar-refractivity contribution >= 4 is 33.4 Å². The van der Waals surface area contributed by atoms with Crippen LogP contribution in [-0.2, 0) is 0 Å². The fourth-order valence-electron chi connectivity index (χ4n) is 1.79. The van der Waals surface area contributed by atoms with E-state index in [4.69, 9.17) is 5.73 Å². The van der Waals surface area contributed by atoms with Crippen molar-refractivity contribution in [1.29, 1.82) is 0 Å². The number of amides is 2. The molecule has 0 aliphatic heterocycles. The van der Waals surface area contributed by atoms with Gasteiger partial charge in [-0.15, -0.1) is 0 Å². The van der Waals surface area contributed by atoms with Gasteiger partial charge in [-0.1, -0.05) is 6.07 Å². The predicted octanol–water partition coefficient (Wildman–Crippen LogP) is 3.25. The Kier molecular flexibility index (Phi) is 4.37. The van der Waals surface area contributed by atoms with Crippen LogP contribution < -0.4 is 11.1 Å². The lowest BCUT2D eigenvalue weighted by Gasteiger charge is -2.09. The van der Waals surface area contributed by atoms with Gasteiger partial charge in [0.2, 0.25) is 0 Å². The molecule has 6 heteroatoms. The highest BCUT2D eigenvalue weighted by atomic mass is 79.9. The average Bonchev–Trinajstić information content (AvgIpc) is 2.40. The zero-order valence-electron chi connectivity index (χ0n) is 11.1. The predicted molar refractivity (Wildman–Crippen MR) is 81.8 cm³/mol. The van der Waals surface area contributed by atoms with E-state index in [2.05, 4.69) is 21.2 Å². The third-order valence-electron chi connectivity index (χ3n) is 2.86. The molecule has 2 aromatic carbocycles. The minimum atomic E-state index is -0.889. The highest BCUT2D eigenvalue weighted by molar-refractivity contribution is 9.10. The molecule has 0 aromatic heterocycles. The largest absolute Gasteiger partial charge is 0.366 e. The van der Waals surface area contributed by atoms with Crippen LogP contribution in [0.4, 0.5) is 10.1 Å². The van der Waals surface area contributed by atoms with E-state index in [1.165, 1.54) is 12.1 Å². The molecule has 0 aliphatic rings. The van der Waals surface area contributed by atoms with Crippen LogP contribution in [0.15, 0.2) is 40.9 Å². The van der Waals surface area contributed by atoms with E-state index < -0.39 is 11.7 Å². The molecule has 0 unspecified atom stereocenters. The van der Waals surface area contributed by atoms with Crippen molar-refractivity contribution < 1.29 is 14.0 Å². The molecule has 21 heavy (non-hydrogen) atoms. The van der Waals surface area contributed by atoms with Crippen molar-refractivity contribution in [3.05, 3.63) is 63.4 Å². The summed E-state index contributed by atoms with van der Waals surface area (Å²) in [5.41, 5.74) is 6.54. The van der Waals surface area contributed by atoms with Crippen molar-refractivity contribution in [2.24, 2.45) is 5.73 Å². The van der Waals surface area contributed by atoms with E-state index in [9.17, 15) is 14.0 Å². The number of anilines is 1. The zero-order chi connectivity index (χ0) is 15.6. The third kappa shape index (κ3) is 3.46. The van der Waals surface area contributed by atoms with Gasteiger partial charge in [0.15, 0.2) is 0 Å². The Bertz CT molecular complexity index is 732. The van der Waals surface area contributed by atoms with E-state index >= 15 is 0 Å². The number of nitrogens with one attached hydrogen (secondary N) is 1. The lowest BCUT2D eigenvalue weighted by Crippen LogP contribution is -2.16. The van der Waals surface area contributed by atoms with Gasteiger partial charge in [0.1, 0.15) is 5.82 Å². The van der Waals surface area contributed by atoms with Crippen LogP contribution in [0.1, 0.15) is 26.3 Å². The van der Waals surface area contributed by atoms with Crippen LogP contribution in [0.25, 0.3) is 0 Å². The summed E-state index contributed by atoms with van der Waals surface area (Å²) in [5, 5.41) is 2.60. The number of hydrogen-bond acceptors (Lipinski definition) is 2. The summed E-state index contributed by atoms with van der Waals surface area (Å²) in [6.45, 7) is 1.91. The Morgan fingerprint density at radius 3 is 2.48 bits per heavy atom. The molecule has 0 radical (unpaired) electrons. The topological polar surface area (TPSA) is 72.2 Å². The van der Waals surface area contributed by atoms with Crippen LogP contribution in [-0.4, -0.2) is 11.8 Å². The molecule has 2 aromatic rings. The number of rotatable bonds is 3. The molecule has 2 amide bonds. The number of primary amides is 1. The number of carbonyl (C=O) groups excluding carboxylic acids is 2. The first kappa shape index (κ1) is 15.2. The highest BCUT2D eigenvalue weighted by Crippen LogP contribution is 2.21. The molecule has 2 rings (SSSR count). The number of halogens is 2. The maximum atomic E-state index is 13.4. The Morgan fingerprint density at radius 2 is 1.86 bits per heavy atom. The molecular weight excluding hydrogens is 339 g/mol. The van der Waals surface area contributed by atoms with Gasteiger partial charge in [-0.25, -0.2) is 4.39 Å². The second-order valence-electron chi connectivity index (χ2n) is 4.50. The van der Waals surface area contributed by atoms with Crippen LogP contribution in [0, 0.1) is 12.7 Å². The maximum absolute atomic E-state index is 13.4. The number of benzene rings is 2. The Labute approximate surface area is 129 Å². The normalized spacial score (nSPS) is 10.2. The molecule has 0 fully saturated rings. The molecule has 0 saturated carbocycles. The zero-order valence-corrected chi connectivity index (χ0v) is 12.7. The van der Waals surface area contributed by atoms with Gasteiger partial charge in [0.05, 0.1) is 11.1 Å². The monoisotopic (exact) mass is 350 g/mol. The average molecular weight is 351 g/mol. The molecule has 4 nitrogen and oxygen atoms in total. The second kappa shape index (κ2) is 6.05. The molecule has 0 spiro atoms. The van der Waals surface area contributed by atoms with Crippen molar-refractivity contribution in [3.8, 4) is 0 Å². The molecule has 0 aliphatic carbocycles. The first-order valence-corrected chi connectivity index (χ1v) is 6.84. The molecule has 3 N–H and O–H groups in total. The fraction of sp³-hybridized carbons (Fsp3) is 0.0667. The summed E-state index contributed by atoms with van der Waals surface area (Å²) >= 11 is 3.32. The highest BCUT2D eigenvalue weighted by Gasteiger charge is 2.13. The first-order chi connectivity index (χ1) is 9.88. The minimum absolute atomic E-state index is 0.268. The van der Waals surface area contributed by atoms with E-state index in [0.29, 0.717) is 15.7 Å². The van der Waals surface area contributed by atoms with Gasteiger partial charge in [-0.05, 0) is 58.7 Å². The van der Waals surface area contributed by atoms with Crippen molar-refractivity contribution in [2.75, 3.05) is 5.32 Å². The van der Waals surface area contributed by atoms with Crippen LogP contribution in [0.3, 0.4) is 0 Å².